The number of ether oxygens (including phenoxy) is 1. The number of carbonyl (C=O) groups excluding carboxylic acids is 2. The molecule has 2 aliphatic rings. The average Bonchev–Trinajstić information content (AvgIpc) is 3.17. The van der Waals surface area contributed by atoms with Crippen LogP contribution in [0.5, 0.6) is 5.75 Å². The van der Waals surface area contributed by atoms with Gasteiger partial charge < -0.3 is 4.74 Å². The van der Waals surface area contributed by atoms with E-state index in [-0.39, 0.29) is 11.3 Å². The Balaban J connectivity index is 1.72. The molecule has 0 fully saturated rings. The van der Waals surface area contributed by atoms with Crippen molar-refractivity contribution in [2.24, 2.45) is 5.18 Å². The van der Waals surface area contributed by atoms with Crippen LogP contribution in [-0.4, -0.2) is 41.0 Å². The van der Waals surface area contributed by atoms with Crippen LogP contribution in [0.2, 0.25) is 0 Å². The van der Waals surface area contributed by atoms with Gasteiger partial charge in [0.1, 0.15) is 17.1 Å². The van der Waals surface area contributed by atoms with Gasteiger partial charge >= 0.3 is 0 Å². The Hall–Kier alpha value is -3.60. The number of thioether (sulfide) groups is 1. The van der Waals surface area contributed by atoms with Gasteiger partial charge in [-0.3, -0.25) is 24.6 Å². The van der Waals surface area contributed by atoms with Crippen molar-refractivity contribution >= 4 is 29.1 Å². The number of hydrogen-bond donors (Lipinski definition) is 0. The Kier molecular flexibility index (Phi) is 5.27. The van der Waals surface area contributed by atoms with Gasteiger partial charge in [0.2, 0.25) is 0 Å². The van der Waals surface area contributed by atoms with E-state index in [1.807, 2.05) is 0 Å². The minimum Gasteiger partial charge on any atom is -0.497 e. The lowest BCUT2D eigenvalue weighted by Gasteiger charge is -2.27. The third-order valence-corrected chi connectivity index (χ3v) is 6.29. The molecule has 0 saturated heterocycles. The molecule has 4 rings (SSSR count). The first-order valence-corrected chi connectivity index (χ1v) is 9.94. The summed E-state index contributed by atoms with van der Waals surface area (Å²) in [7, 11) is 1.51. The van der Waals surface area contributed by atoms with Gasteiger partial charge in [-0.25, -0.2) is 4.39 Å². The van der Waals surface area contributed by atoms with E-state index < -0.39 is 45.3 Å². The Labute approximate surface area is 179 Å². The first-order chi connectivity index (χ1) is 14.8. The third kappa shape index (κ3) is 3.46. The SMILES string of the molecule is COc1cccc(-c2ccc(N3CC(=O)C4=C(C3=O)C([N+](=O)[O-])SC4N=O)c(F)c2)c1. The molecule has 2 atom stereocenters. The van der Waals surface area contributed by atoms with Crippen molar-refractivity contribution in [3.8, 4) is 16.9 Å². The molecular formula is C20H14FN3O6S. The fourth-order valence-corrected chi connectivity index (χ4v) is 4.77. The molecule has 9 nitrogen and oxygen atoms in total. The van der Waals surface area contributed by atoms with Crippen LogP contribution >= 0.6 is 11.8 Å². The molecule has 2 aromatic carbocycles. The minimum atomic E-state index is -1.61. The van der Waals surface area contributed by atoms with Crippen LogP contribution in [0.3, 0.4) is 0 Å². The number of Topliss-reactive ketones (excluding diaryl/α,β-unsaturated/α-hetero) is 1. The molecule has 31 heavy (non-hydrogen) atoms. The molecule has 0 spiro atoms. The zero-order chi connectivity index (χ0) is 22.3. The lowest BCUT2D eigenvalue weighted by atomic mass is 9.97. The maximum absolute atomic E-state index is 15.0. The highest BCUT2D eigenvalue weighted by Gasteiger charge is 2.52. The normalized spacial score (nSPS) is 20.6. The van der Waals surface area contributed by atoms with Crippen LogP contribution in [-0.2, 0) is 9.59 Å². The summed E-state index contributed by atoms with van der Waals surface area (Å²) in [4.78, 5) is 48.1. The minimum absolute atomic E-state index is 0.189. The van der Waals surface area contributed by atoms with Crippen LogP contribution in [0.15, 0.2) is 58.8 Å². The van der Waals surface area contributed by atoms with Crippen LogP contribution < -0.4 is 9.64 Å². The van der Waals surface area contributed by atoms with Crippen LogP contribution in [0.25, 0.3) is 11.1 Å². The highest BCUT2D eigenvalue weighted by atomic mass is 32.2. The predicted molar refractivity (Wildman–Crippen MR) is 111 cm³/mol. The number of carbonyl (C=O) groups is 2. The van der Waals surface area contributed by atoms with E-state index in [1.54, 1.807) is 30.3 Å². The van der Waals surface area contributed by atoms with Crippen LogP contribution in [0.1, 0.15) is 0 Å². The number of nitrogens with zero attached hydrogens (tertiary/aromatic N) is 3. The smallest absolute Gasteiger partial charge is 0.291 e. The van der Waals surface area contributed by atoms with Crippen LogP contribution in [0, 0.1) is 20.8 Å². The van der Waals surface area contributed by atoms with E-state index in [4.69, 9.17) is 4.74 Å². The van der Waals surface area contributed by atoms with Gasteiger partial charge in [0.15, 0.2) is 11.2 Å². The zero-order valence-electron chi connectivity index (χ0n) is 16.0. The largest absolute Gasteiger partial charge is 0.497 e. The van der Waals surface area contributed by atoms with Crippen molar-refractivity contribution < 1.29 is 23.6 Å². The Morgan fingerprint density at radius 1 is 1.19 bits per heavy atom. The number of halogens is 1. The van der Waals surface area contributed by atoms with Crippen LogP contribution in [0.4, 0.5) is 10.1 Å². The highest BCUT2D eigenvalue weighted by molar-refractivity contribution is 8.01. The average molecular weight is 443 g/mol. The number of ketones is 1. The summed E-state index contributed by atoms with van der Waals surface area (Å²) < 4.78 is 20.1. The van der Waals surface area contributed by atoms with Gasteiger partial charge in [0.25, 0.3) is 11.3 Å². The maximum atomic E-state index is 15.0. The second-order valence-corrected chi connectivity index (χ2v) is 7.94. The van der Waals surface area contributed by atoms with E-state index >= 15 is 0 Å². The van der Waals surface area contributed by atoms with E-state index in [0.717, 1.165) is 4.90 Å². The molecule has 158 valence electrons. The predicted octanol–water partition coefficient (Wildman–Crippen LogP) is 3.16. The maximum Gasteiger partial charge on any atom is 0.291 e. The van der Waals surface area contributed by atoms with Gasteiger partial charge in [-0.1, -0.05) is 23.4 Å². The fraction of sp³-hybridized carbons (Fsp3) is 0.200. The van der Waals surface area contributed by atoms with E-state index in [0.29, 0.717) is 28.6 Å². The first-order valence-electron chi connectivity index (χ1n) is 9.00. The summed E-state index contributed by atoms with van der Waals surface area (Å²) in [5.74, 6) is -1.75. The van der Waals surface area contributed by atoms with Gasteiger partial charge in [0, 0.05) is 4.92 Å². The number of nitroso groups, excluding NO2 is 1. The second kappa shape index (κ2) is 7.91. The zero-order valence-corrected chi connectivity index (χ0v) is 16.8. The number of nitro groups is 1. The Bertz CT molecular complexity index is 1170. The molecule has 2 unspecified atom stereocenters. The Morgan fingerprint density at radius 3 is 2.58 bits per heavy atom. The summed E-state index contributed by atoms with van der Waals surface area (Å²) in [6.07, 6.45) is 0. The van der Waals surface area contributed by atoms with E-state index in [1.165, 1.54) is 19.2 Å². The standard InChI is InChI=1S/C20H14FN3O6S/c1-30-12-4-2-3-10(7-12)11-5-6-14(13(21)8-11)23-9-15(25)16-17(19(23)26)20(24(28)29)31-18(16)22-27/h2-8,18,20H,9H2,1H3. The topological polar surface area (TPSA) is 119 Å². The Morgan fingerprint density at radius 2 is 1.94 bits per heavy atom. The monoisotopic (exact) mass is 443 g/mol. The fourth-order valence-electron chi connectivity index (χ4n) is 3.61. The molecule has 0 N–H and O–H groups in total. The third-order valence-electron chi connectivity index (χ3n) is 5.05. The van der Waals surface area contributed by atoms with Crippen molar-refractivity contribution in [2.45, 2.75) is 10.7 Å². The number of hydrogen-bond acceptors (Lipinski definition) is 8. The van der Waals surface area contributed by atoms with Gasteiger partial charge in [0.05, 0.1) is 24.9 Å². The summed E-state index contributed by atoms with van der Waals surface area (Å²) in [5.41, 5.74) is 0.312. The molecule has 2 aromatic rings. The number of benzene rings is 2. The van der Waals surface area contributed by atoms with Gasteiger partial charge in [-0.2, -0.15) is 0 Å². The summed E-state index contributed by atoms with van der Waals surface area (Å²) in [6, 6.07) is 11.1. The van der Waals surface area contributed by atoms with E-state index in [9.17, 15) is 29.0 Å². The summed E-state index contributed by atoms with van der Waals surface area (Å²) in [5, 5.41) is 11.2. The van der Waals surface area contributed by atoms with Crippen molar-refractivity contribution in [1.82, 2.24) is 0 Å². The molecule has 1 amide bonds. The molecular weight excluding hydrogens is 429 g/mol. The number of anilines is 1. The lowest BCUT2D eigenvalue weighted by molar-refractivity contribution is -0.484. The molecule has 0 saturated carbocycles. The number of amides is 1. The quantitative estimate of drug-likeness (QED) is 0.396. The second-order valence-electron chi connectivity index (χ2n) is 6.77. The van der Waals surface area contributed by atoms with Gasteiger partial charge in [-0.05, 0) is 47.2 Å². The molecule has 0 bridgehead atoms. The summed E-state index contributed by atoms with van der Waals surface area (Å²) >= 11 is 0.510. The van der Waals surface area contributed by atoms with Crippen molar-refractivity contribution in [2.75, 3.05) is 18.6 Å². The molecule has 0 aromatic heterocycles. The molecule has 2 aliphatic heterocycles. The molecule has 2 heterocycles. The highest BCUT2D eigenvalue weighted by Crippen LogP contribution is 2.44. The number of methoxy groups -OCH3 is 1. The van der Waals surface area contributed by atoms with Crippen molar-refractivity contribution in [1.29, 1.82) is 0 Å². The first kappa shape index (κ1) is 20.7. The molecule has 0 radical (unpaired) electrons. The van der Waals surface area contributed by atoms with Gasteiger partial charge in [-0.15, -0.1) is 4.91 Å². The molecule has 0 aliphatic carbocycles. The van der Waals surface area contributed by atoms with E-state index in [2.05, 4.69) is 5.18 Å². The number of rotatable bonds is 5. The van der Waals surface area contributed by atoms with Crippen molar-refractivity contribution in [3.05, 3.63) is 74.4 Å². The lowest BCUT2D eigenvalue weighted by Crippen LogP contribution is -2.45. The van der Waals surface area contributed by atoms with Crippen molar-refractivity contribution in [3.63, 3.8) is 0 Å². The molecule has 11 heteroatoms. The summed E-state index contributed by atoms with van der Waals surface area (Å²) in [6.45, 7) is -0.538.